The van der Waals surface area contributed by atoms with E-state index in [4.69, 9.17) is 9.84 Å². The predicted molar refractivity (Wildman–Crippen MR) is 59.7 cm³/mol. The number of amides is 2. The molecule has 1 aliphatic heterocycles. The minimum Gasteiger partial charge on any atom is -0.481 e. The second-order valence-electron chi connectivity index (χ2n) is 4.67. The first-order valence-corrected chi connectivity index (χ1v) is 6.01. The van der Waals surface area contributed by atoms with Gasteiger partial charge in [-0.05, 0) is 18.8 Å². The summed E-state index contributed by atoms with van der Waals surface area (Å²) < 4.78 is 5.30. The Morgan fingerprint density at radius 1 is 1.41 bits per heavy atom. The number of nitrogens with zero attached hydrogens (tertiary/aromatic N) is 1. The van der Waals surface area contributed by atoms with Gasteiger partial charge in [-0.2, -0.15) is 0 Å². The fourth-order valence-electron chi connectivity index (χ4n) is 1.89. The van der Waals surface area contributed by atoms with Crippen molar-refractivity contribution < 1.29 is 19.4 Å². The van der Waals surface area contributed by atoms with E-state index in [2.05, 4.69) is 5.32 Å². The lowest BCUT2D eigenvalue weighted by atomic mass is 10.2. The Kier molecular flexibility index (Phi) is 3.83. The van der Waals surface area contributed by atoms with Crippen molar-refractivity contribution in [2.45, 2.75) is 25.4 Å². The van der Waals surface area contributed by atoms with E-state index in [0.29, 0.717) is 25.6 Å². The third-order valence-corrected chi connectivity index (χ3v) is 3.07. The summed E-state index contributed by atoms with van der Waals surface area (Å²) in [5.74, 6) is -0.245. The fraction of sp³-hybridized carbons (Fsp3) is 0.818. The van der Waals surface area contributed by atoms with Gasteiger partial charge < -0.3 is 20.1 Å². The Balaban J connectivity index is 1.74. The highest BCUT2D eigenvalue weighted by atomic mass is 16.5. The number of carbonyl (C=O) groups excluding carboxylic acids is 1. The molecule has 1 aliphatic carbocycles. The first-order valence-electron chi connectivity index (χ1n) is 6.01. The van der Waals surface area contributed by atoms with E-state index >= 15 is 0 Å². The summed E-state index contributed by atoms with van der Waals surface area (Å²) in [5.41, 5.74) is 0. The maximum absolute atomic E-state index is 11.8. The van der Waals surface area contributed by atoms with E-state index < -0.39 is 5.97 Å². The summed E-state index contributed by atoms with van der Waals surface area (Å²) in [6, 6.07) is -0.101. The molecular weight excluding hydrogens is 224 g/mol. The monoisotopic (exact) mass is 242 g/mol. The summed E-state index contributed by atoms with van der Waals surface area (Å²) >= 11 is 0. The van der Waals surface area contributed by atoms with Gasteiger partial charge in [0.15, 0.2) is 0 Å². The summed E-state index contributed by atoms with van der Waals surface area (Å²) in [5, 5.41) is 11.5. The quantitative estimate of drug-likeness (QED) is 0.742. The molecule has 6 heteroatoms. The molecule has 2 fully saturated rings. The van der Waals surface area contributed by atoms with Crippen molar-refractivity contribution in [1.82, 2.24) is 10.2 Å². The molecule has 2 rings (SSSR count). The van der Waals surface area contributed by atoms with Crippen LogP contribution in [-0.2, 0) is 9.53 Å². The van der Waals surface area contributed by atoms with Crippen LogP contribution in [0.2, 0.25) is 0 Å². The molecule has 6 nitrogen and oxygen atoms in total. The first-order chi connectivity index (χ1) is 8.15. The molecule has 1 unspecified atom stereocenters. The zero-order chi connectivity index (χ0) is 12.3. The summed E-state index contributed by atoms with van der Waals surface area (Å²) in [7, 11) is 0. The Bertz CT molecular complexity index is 304. The Morgan fingerprint density at radius 2 is 2.18 bits per heavy atom. The van der Waals surface area contributed by atoms with Crippen LogP contribution >= 0.6 is 0 Å². The highest BCUT2D eigenvalue weighted by Crippen LogP contribution is 2.27. The van der Waals surface area contributed by atoms with Gasteiger partial charge in [0.2, 0.25) is 0 Å². The molecule has 2 aliphatic rings. The SMILES string of the molecule is O=C(O)CC1CN(C(=O)NCC2CC2)CCO1. The van der Waals surface area contributed by atoms with Crippen LogP contribution in [-0.4, -0.2) is 54.4 Å². The first kappa shape index (κ1) is 12.2. The number of hydrogen-bond acceptors (Lipinski definition) is 3. The zero-order valence-electron chi connectivity index (χ0n) is 9.72. The van der Waals surface area contributed by atoms with Crippen LogP contribution in [0.4, 0.5) is 4.79 Å². The Morgan fingerprint density at radius 3 is 2.82 bits per heavy atom. The maximum Gasteiger partial charge on any atom is 0.317 e. The second kappa shape index (κ2) is 5.35. The minimum absolute atomic E-state index is 0.0492. The van der Waals surface area contributed by atoms with Gasteiger partial charge >= 0.3 is 12.0 Å². The topological polar surface area (TPSA) is 78.9 Å². The predicted octanol–water partition coefficient (Wildman–Crippen LogP) is 0.281. The molecule has 0 aromatic carbocycles. The van der Waals surface area contributed by atoms with E-state index in [0.717, 1.165) is 6.54 Å². The highest BCUT2D eigenvalue weighted by molar-refractivity contribution is 5.74. The van der Waals surface area contributed by atoms with Gasteiger partial charge in [-0.15, -0.1) is 0 Å². The highest BCUT2D eigenvalue weighted by Gasteiger charge is 2.27. The molecule has 0 spiro atoms. The van der Waals surface area contributed by atoms with Gasteiger partial charge in [-0.1, -0.05) is 0 Å². The zero-order valence-corrected chi connectivity index (χ0v) is 9.72. The second-order valence-corrected chi connectivity index (χ2v) is 4.67. The molecule has 96 valence electrons. The summed E-state index contributed by atoms with van der Waals surface area (Å²) in [4.78, 5) is 24.0. The van der Waals surface area contributed by atoms with Crippen molar-refractivity contribution in [3.63, 3.8) is 0 Å². The average Bonchev–Trinajstić information content (AvgIpc) is 3.09. The van der Waals surface area contributed by atoms with E-state index in [1.807, 2.05) is 0 Å². The molecule has 1 saturated heterocycles. The van der Waals surface area contributed by atoms with E-state index in [-0.39, 0.29) is 18.6 Å². The number of carbonyl (C=O) groups is 2. The van der Waals surface area contributed by atoms with Crippen LogP contribution in [0.25, 0.3) is 0 Å². The van der Waals surface area contributed by atoms with Gasteiger partial charge in [0, 0.05) is 19.6 Å². The van der Waals surface area contributed by atoms with Crippen LogP contribution < -0.4 is 5.32 Å². The van der Waals surface area contributed by atoms with Crippen LogP contribution in [0.15, 0.2) is 0 Å². The number of urea groups is 1. The molecule has 2 amide bonds. The smallest absolute Gasteiger partial charge is 0.317 e. The van der Waals surface area contributed by atoms with Crippen LogP contribution in [0.5, 0.6) is 0 Å². The number of carboxylic acid groups (broad SMARTS) is 1. The maximum atomic E-state index is 11.8. The van der Waals surface area contributed by atoms with Crippen molar-refractivity contribution in [2.24, 2.45) is 5.92 Å². The van der Waals surface area contributed by atoms with Gasteiger partial charge in [-0.3, -0.25) is 4.79 Å². The molecule has 0 aromatic rings. The number of hydrogen-bond donors (Lipinski definition) is 2. The molecule has 2 N–H and O–H groups in total. The molecular formula is C11H18N2O4. The largest absolute Gasteiger partial charge is 0.481 e. The van der Waals surface area contributed by atoms with Crippen LogP contribution in [0, 0.1) is 5.92 Å². The Hall–Kier alpha value is -1.30. The van der Waals surface area contributed by atoms with E-state index in [1.54, 1.807) is 4.90 Å². The van der Waals surface area contributed by atoms with Crippen molar-refractivity contribution in [2.75, 3.05) is 26.2 Å². The van der Waals surface area contributed by atoms with Crippen molar-refractivity contribution in [3.05, 3.63) is 0 Å². The van der Waals surface area contributed by atoms with Gasteiger partial charge in [0.1, 0.15) is 0 Å². The van der Waals surface area contributed by atoms with Gasteiger partial charge in [0.25, 0.3) is 0 Å². The number of rotatable bonds is 4. The molecule has 0 aromatic heterocycles. The third-order valence-electron chi connectivity index (χ3n) is 3.07. The molecule has 0 radical (unpaired) electrons. The number of morpholine rings is 1. The third kappa shape index (κ3) is 3.89. The lowest BCUT2D eigenvalue weighted by Crippen LogP contribution is -2.50. The minimum atomic E-state index is -0.893. The number of ether oxygens (including phenoxy) is 1. The van der Waals surface area contributed by atoms with Crippen molar-refractivity contribution >= 4 is 12.0 Å². The number of carboxylic acids is 1. The van der Waals surface area contributed by atoms with Crippen LogP contribution in [0.1, 0.15) is 19.3 Å². The summed E-state index contributed by atoms with van der Waals surface area (Å²) in [6.07, 6.45) is 1.97. The molecule has 1 atom stereocenters. The number of aliphatic carboxylic acids is 1. The van der Waals surface area contributed by atoms with Gasteiger partial charge in [0.05, 0.1) is 19.1 Å². The standard InChI is InChI=1S/C11H18N2O4/c14-10(15)5-9-7-13(3-4-17-9)11(16)12-6-8-1-2-8/h8-9H,1-7H2,(H,12,16)(H,14,15). The van der Waals surface area contributed by atoms with Crippen molar-refractivity contribution in [3.8, 4) is 0 Å². The van der Waals surface area contributed by atoms with Gasteiger partial charge in [-0.25, -0.2) is 4.79 Å². The Labute approximate surface area is 99.9 Å². The molecule has 1 saturated carbocycles. The normalized spacial score (nSPS) is 24.5. The average molecular weight is 242 g/mol. The lowest BCUT2D eigenvalue weighted by Gasteiger charge is -2.32. The van der Waals surface area contributed by atoms with E-state index in [9.17, 15) is 9.59 Å². The molecule has 1 heterocycles. The van der Waals surface area contributed by atoms with E-state index in [1.165, 1.54) is 12.8 Å². The molecule has 17 heavy (non-hydrogen) atoms. The van der Waals surface area contributed by atoms with Crippen molar-refractivity contribution in [1.29, 1.82) is 0 Å². The van der Waals surface area contributed by atoms with Crippen LogP contribution in [0.3, 0.4) is 0 Å². The molecule has 0 bridgehead atoms. The summed E-state index contributed by atoms with van der Waals surface area (Å²) in [6.45, 7) is 2.05. The number of nitrogens with one attached hydrogen (secondary N) is 1. The lowest BCUT2D eigenvalue weighted by molar-refractivity contribution is -0.141. The fourth-order valence-corrected chi connectivity index (χ4v) is 1.89.